The summed E-state index contributed by atoms with van der Waals surface area (Å²) in [7, 11) is 1.57. The number of carbonyl (C=O) groups excluding carboxylic acids is 2. The van der Waals surface area contributed by atoms with Gasteiger partial charge in [0.15, 0.2) is 0 Å². The number of anilines is 1. The molecule has 0 fully saturated rings. The van der Waals surface area contributed by atoms with Crippen molar-refractivity contribution in [1.82, 2.24) is 15.6 Å². The van der Waals surface area contributed by atoms with Crippen LogP contribution in [0.2, 0.25) is 0 Å². The fourth-order valence-corrected chi connectivity index (χ4v) is 2.91. The third-order valence-corrected chi connectivity index (χ3v) is 4.38. The Morgan fingerprint density at radius 3 is 2.76 bits per heavy atom. The first-order valence-corrected chi connectivity index (χ1v) is 7.32. The van der Waals surface area contributed by atoms with Gasteiger partial charge in [-0.2, -0.15) is 0 Å². The molecule has 0 saturated carbocycles. The number of fused-ring (bicyclic) bond motifs is 1. The van der Waals surface area contributed by atoms with Crippen LogP contribution in [0.5, 0.6) is 0 Å². The number of hydrogen-bond donors (Lipinski definition) is 3. The molecule has 0 spiro atoms. The van der Waals surface area contributed by atoms with Gasteiger partial charge in [-0.15, -0.1) is 11.3 Å². The highest BCUT2D eigenvalue weighted by Gasteiger charge is 2.28. The van der Waals surface area contributed by atoms with Crippen molar-refractivity contribution in [3.63, 3.8) is 0 Å². The zero-order chi connectivity index (χ0) is 15.6. The highest BCUT2D eigenvalue weighted by Crippen LogP contribution is 2.31. The van der Waals surface area contributed by atoms with Crippen molar-refractivity contribution in [2.45, 2.75) is 13.8 Å². The number of pyridine rings is 1. The van der Waals surface area contributed by atoms with Crippen LogP contribution < -0.4 is 16.4 Å². The molecule has 0 aliphatic heterocycles. The van der Waals surface area contributed by atoms with Crippen LogP contribution >= 0.6 is 11.3 Å². The van der Waals surface area contributed by atoms with Gasteiger partial charge in [0.1, 0.15) is 10.4 Å². The van der Waals surface area contributed by atoms with Gasteiger partial charge in [0.05, 0.1) is 15.8 Å². The van der Waals surface area contributed by atoms with Crippen molar-refractivity contribution in [1.29, 1.82) is 0 Å². The molecule has 0 radical (unpaired) electrons. The zero-order valence-electron chi connectivity index (χ0n) is 12.2. The van der Waals surface area contributed by atoms with Gasteiger partial charge >= 0.3 is 0 Å². The van der Waals surface area contributed by atoms with E-state index in [1.807, 2.05) is 6.07 Å². The minimum absolute atomic E-state index is 0.131. The number of carbonyl (C=O) groups is 2. The summed E-state index contributed by atoms with van der Waals surface area (Å²) < 4.78 is 0.866. The third-order valence-electron chi connectivity index (χ3n) is 3.22. The number of nitrogens with two attached hydrogens (primary N) is 1. The molecular formula is C14H18N4O2S. The summed E-state index contributed by atoms with van der Waals surface area (Å²) in [6.07, 6.45) is 1.64. The molecule has 0 saturated heterocycles. The summed E-state index contributed by atoms with van der Waals surface area (Å²) in [6, 6.07) is 3.67. The average molecular weight is 306 g/mol. The highest BCUT2D eigenvalue weighted by atomic mass is 32.1. The van der Waals surface area contributed by atoms with Crippen LogP contribution in [0.1, 0.15) is 23.5 Å². The minimum Gasteiger partial charge on any atom is -0.396 e. The van der Waals surface area contributed by atoms with Crippen LogP contribution in [-0.2, 0) is 4.79 Å². The Morgan fingerprint density at radius 2 is 2.14 bits per heavy atom. The average Bonchev–Trinajstić information content (AvgIpc) is 2.81. The van der Waals surface area contributed by atoms with Gasteiger partial charge in [0, 0.05) is 19.8 Å². The first-order chi connectivity index (χ1) is 9.86. The number of rotatable bonds is 4. The molecule has 2 rings (SSSR count). The van der Waals surface area contributed by atoms with Gasteiger partial charge in [-0.25, -0.2) is 0 Å². The van der Waals surface area contributed by atoms with Gasteiger partial charge in [-0.05, 0) is 26.0 Å². The van der Waals surface area contributed by atoms with E-state index in [9.17, 15) is 9.59 Å². The van der Waals surface area contributed by atoms with E-state index >= 15 is 0 Å². The Balaban J connectivity index is 2.16. The Kier molecular flexibility index (Phi) is 4.13. The summed E-state index contributed by atoms with van der Waals surface area (Å²) in [4.78, 5) is 28.6. The van der Waals surface area contributed by atoms with Crippen molar-refractivity contribution < 1.29 is 9.59 Å². The van der Waals surface area contributed by atoms with Crippen LogP contribution in [0.3, 0.4) is 0 Å². The van der Waals surface area contributed by atoms with Gasteiger partial charge in [0.25, 0.3) is 5.91 Å². The summed E-state index contributed by atoms with van der Waals surface area (Å²) >= 11 is 1.30. The van der Waals surface area contributed by atoms with E-state index in [2.05, 4.69) is 15.6 Å². The second-order valence-corrected chi connectivity index (χ2v) is 6.39. The smallest absolute Gasteiger partial charge is 0.263 e. The second-order valence-electron chi connectivity index (χ2n) is 5.34. The first-order valence-electron chi connectivity index (χ1n) is 6.50. The van der Waals surface area contributed by atoms with Crippen LogP contribution in [0.25, 0.3) is 10.2 Å². The van der Waals surface area contributed by atoms with Crippen molar-refractivity contribution in [2.75, 3.05) is 19.3 Å². The van der Waals surface area contributed by atoms with E-state index < -0.39 is 5.41 Å². The predicted octanol–water partition coefficient (Wildman–Crippen LogP) is 1.38. The van der Waals surface area contributed by atoms with Crippen molar-refractivity contribution in [3.8, 4) is 0 Å². The molecule has 0 bridgehead atoms. The SMILES string of the molecule is CNC(=O)C(C)(C)CNC(=O)c1sc2cccnc2c1N. The maximum atomic E-state index is 12.3. The van der Waals surface area contributed by atoms with E-state index in [0.29, 0.717) is 16.1 Å². The second kappa shape index (κ2) is 5.69. The van der Waals surface area contributed by atoms with Crippen molar-refractivity contribution >= 4 is 39.1 Å². The fourth-order valence-electron chi connectivity index (χ4n) is 1.92. The molecule has 0 atom stereocenters. The largest absolute Gasteiger partial charge is 0.396 e. The number of aromatic nitrogens is 1. The molecular weight excluding hydrogens is 288 g/mol. The number of nitrogens with zero attached hydrogens (tertiary/aromatic N) is 1. The fraction of sp³-hybridized carbons (Fsp3) is 0.357. The quantitative estimate of drug-likeness (QED) is 0.795. The lowest BCUT2D eigenvalue weighted by Gasteiger charge is -2.22. The number of nitrogens with one attached hydrogen (secondary N) is 2. The van der Waals surface area contributed by atoms with Gasteiger partial charge in [-0.1, -0.05) is 0 Å². The molecule has 7 heteroatoms. The monoisotopic (exact) mass is 306 g/mol. The molecule has 6 nitrogen and oxygen atoms in total. The van der Waals surface area contributed by atoms with Crippen LogP contribution in [-0.4, -0.2) is 30.4 Å². The van der Waals surface area contributed by atoms with E-state index in [1.165, 1.54) is 11.3 Å². The molecule has 2 aromatic heterocycles. The lowest BCUT2D eigenvalue weighted by atomic mass is 9.92. The van der Waals surface area contributed by atoms with Gasteiger partial charge in [-0.3, -0.25) is 14.6 Å². The minimum atomic E-state index is -0.686. The lowest BCUT2D eigenvalue weighted by Crippen LogP contribution is -2.43. The maximum absolute atomic E-state index is 12.3. The number of amides is 2. The van der Waals surface area contributed by atoms with Crippen molar-refractivity contribution in [3.05, 3.63) is 23.2 Å². The molecule has 0 aliphatic carbocycles. The molecule has 2 heterocycles. The van der Waals surface area contributed by atoms with Crippen LogP contribution in [0.4, 0.5) is 5.69 Å². The summed E-state index contributed by atoms with van der Waals surface area (Å²) in [5.41, 5.74) is 6.30. The number of nitrogen functional groups attached to an aromatic ring is 1. The Labute approximate surface area is 126 Å². The van der Waals surface area contributed by atoms with Gasteiger partial charge in [0.2, 0.25) is 5.91 Å². The maximum Gasteiger partial charge on any atom is 0.263 e. The molecule has 0 aliphatic rings. The van der Waals surface area contributed by atoms with E-state index in [-0.39, 0.29) is 18.4 Å². The predicted molar refractivity (Wildman–Crippen MR) is 84.2 cm³/mol. The van der Waals surface area contributed by atoms with E-state index in [0.717, 1.165) is 4.70 Å². The summed E-state index contributed by atoms with van der Waals surface area (Å²) in [5, 5.41) is 5.34. The first kappa shape index (κ1) is 15.2. The molecule has 0 unspecified atom stereocenters. The summed E-state index contributed by atoms with van der Waals surface area (Å²) in [6.45, 7) is 3.76. The molecule has 4 N–H and O–H groups in total. The van der Waals surface area contributed by atoms with E-state index in [4.69, 9.17) is 5.73 Å². The topological polar surface area (TPSA) is 97.1 Å². The standard InChI is InChI=1S/C14H18N4O2S/c1-14(2,13(20)16-3)7-18-12(19)11-9(15)10-8(21-11)5-4-6-17-10/h4-6H,7,15H2,1-3H3,(H,16,20)(H,18,19). The Morgan fingerprint density at radius 1 is 1.43 bits per heavy atom. The number of thiophene rings is 1. The molecule has 2 aromatic rings. The van der Waals surface area contributed by atoms with Crippen LogP contribution in [0, 0.1) is 5.41 Å². The molecule has 112 valence electrons. The summed E-state index contributed by atoms with van der Waals surface area (Å²) in [5.74, 6) is -0.416. The number of hydrogen-bond acceptors (Lipinski definition) is 5. The lowest BCUT2D eigenvalue weighted by molar-refractivity contribution is -0.128. The highest BCUT2D eigenvalue weighted by molar-refractivity contribution is 7.21. The Bertz CT molecular complexity index is 693. The Hall–Kier alpha value is -2.15. The third kappa shape index (κ3) is 2.97. The van der Waals surface area contributed by atoms with Crippen molar-refractivity contribution in [2.24, 2.45) is 5.41 Å². The molecule has 21 heavy (non-hydrogen) atoms. The van der Waals surface area contributed by atoms with E-state index in [1.54, 1.807) is 33.2 Å². The van der Waals surface area contributed by atoms with Crippen LogP contribution in [0.15, 0.2) is 18.3 Å². The molecule has 0 aromatic carbocycles. The zero-order valence-corrected chi connectivity index (χ0v) is 13.0. The van der Waals surface area contributed by atoms with Gasteiger partial charge < -0.3 is 16.4 Å². The normalized spacial score (nSPS) is 11.4. The molecule has 2 amide bonds.